The van der Waals surface area contributed by atoms with Crippen LogP contribution in [0.25, 0.3) is 0 Å². The molecule has 0 bridgehead atoms. The summed E-state index contributed by atoms with van der Waals surface area (Å²) in [5.74, 6) is 0.737. The van der Waals surface area contributed by atoms with Gasteiger partial charge in [-0.3, -0.25) is 0 Å². The first kappa shape index (κ1) is 26.5. The van der Waals surface area contributed by atoms with Crippen LogP contribution in [0.3, 0.4) is 0 Å². The second kappa shape index (κ2) is 18.3. The Morgan fingerprint density at radius 3 is 1.24 bits per heavy atom. The Morgan fingerprint density at radius 1 is 0.517 bits per heavy atom. The van der Waals surface area contributed by atoms with E-state index in [9.17, 15) is 0 Å². The zero-order valence-electron chi connectivity index (χ0n) is 18.9. The Labute approximate surface area is 190 Å². The fraction of sp³-hybridized carbons (Fsp3) is 0.870. The molecule has 0 N–H and O–H groups in total. The largest absolute Gasteiger partial charge is 0.341 e. The lowest BCUT2D eigenvalue weighted by Gasteiger charge is -2.23. The highest BCUT2D eigenvalue weighted by molar-refractivity contribution is 7.80. The highest BCUT2D eigenvalue weighted by Crippen LogP contribution is 2.16. The molecule has 1 heterocycles. The fourth-order valence-corrected chi connectivity index (χ4v) is 4.12. The van der Waals surface area contributed by atoms with Gasteiger partial charge in [0.05, 0.1) is 0 Å². The quantitative estimate of drug-likeness (QED) is 0.172. The number of hydrogen-bond acceptors (Lipinski definition) is 6. The highest BCUT2D eigenvalue weighted by atomic mass is 32.1. The number of anilines is 1. The molecule has 0 fully saturated rings. The van der Waals surface area contributed by atoms with Crippen LogP contribution in [-0.2, 0) is 0 Å². The van der Waals surface area contributed by atoms with Crippen molar-refractivity contribution in [1.29, 1.82) is 0 Å². The van der Waals surface area contributed by atoms with E-state index in [1.807, 2.05) is 0 Å². The van der Waals surface area contributed by atoms with Crippen molar-refractivity contribution in [2.24, 2.45) is 0 Å². The number of unbranched alkanes of at least 4 members (excludes halogenated alkanes) is 14. The summed E-state index contributed by atoms with van der Waals surface area (Å²) in [4.78, 5) is 15.3. The summed E-state index contributed by atoms with van der Waals surface area (Å²) in [5, 5.41) is 0.911. The van der Waals surface area contributed by atoms with Crippen molar-refractivity contribution in [3.8, 4) is 0 Å². The molecule has 0 amide bonds. The highest BCUT2D eigenvalue weighted by Gasteiger charge is 2.11. The first-order valence-corrected chi connectivity index (χ1v) is 13.0. The predicted octanol–water partition coefficient (Wildman–Crippen LogP) is 7.54. The molecule has 0 aliphatic carbocycles. The van der Waals surface area contributed by atoms with Crippen LogP contribution in [0, 0.1) is 0 Å². The summed E-state index contributed by atoms with van der Waals surface area (Å²) in [6.45, 7) is 6.56. The third kappa shape index (κ3) is 14.2. The molecule has 0 spiro atoms. The van der Waals surface area contributed by atoms with E-state index in [0.717, 1.165) is 19.0 Å². The fourth-order valence-electron chi connectivity index (χ4n) is 3.67. The molecule has 0 atom stereocenters. The molecule has 0 saturated heterocycles. The molecule has 0 saturated carbocycles. The second-order valence-electron chi connectivity index (χ2n) is 8.17. The molecule has 1 aromatic rings. The molecule has 1 aromatic heterocycles. The average Bonchev–Trinajstić information content (AvgIpc) is 2.69. The number of aromatic nitrogens is 3. The predicted molar refractivity (Wildman–Crippen MR) is 132 cm³/mol. The van der Waals surface area contributed by atoms with Crippen molar-refractivity contribution in [1.82, 2.24) is 15.0 Å². The summed E-state index contributed by atoms with van der Waals surface area (Å²) in [6.07, 6.45) is 21.3. The molecular weight excluding hydrogens is 396 g/mol. The lowest BCUT2D eigenvalue weighted by Crippen LogP contribution is -2.28. The van der Waals surface area contributed by atoms with E-state index < -0.39 is 0 Å². The Hall–Kier alpha value is -0.490. The summed E-state index contributed by atoms with van der Waals surface area (Å²) >= 11 is 8.62. The van der Waals surface area contributed by atoms with Crippen LogP contribution in [0.5, 0.6) is 0 Å². The van der Waals surface area contributed by atoms with Crippen molar-refractivity contribution in [3.05, 3.63) is 0 Å². The van der Waals surface area contributed by atoms with Gasteiger partial charge in [-0.25, -0.2) is 0 Å². The molecular formula is C23H44N4S2. The third-order valence-electron chi connectivity index (χ3n) is 5.45. The second-order valence-corrected chi connectivity index (χ2v) is 8.97. The molecule has 0 radical (unpaired) electrons. The van der Waals surface area contributed by atoms with Crippen LogP contribution < -0.4 is 4.90 Å². The number of thiol groups is 2. The van der Waals surface area contributed by atoms with Crippen LogP contribution in [0.15, 0.2) is 10.3 Å². The van der Waals surface area contributed by atoms with Crippen molar-refractivity contribution in [2.75, 3.05) is 18.0 Å². The van der Waals surface area contributed by atoms with Crippen molar-refractivity contribution in [3.63, 3.8) is 0 Å². The molecule has 0 aliphatic heterocycles. The first-order chi connectivity index (χ1) is 14.2. The molecule has 4 nitrogen and oxygen atoms in total. The standard InChI is InChI=1S/C23H44N4S2/c1-3-5-7-9-11-13-15-17-19-27(21-24-22(28)26-23(29)25-21)20-18-16-14-12-10-8-6-4-2/h3-20H2,1-2H3,(H2,24,25,26,28,29). The summed E-state index contributed by atoms with van der Waals surface area (Å²) in [5.41, 5.74) is 0. The number of nitrogens with zero attached hydrogens (tertiary/aromatic N) is 4. The first-order valence-electron chi connectivity index (χ1n) is 12.1. The Bertz CT molecular complexity index is 473. The zero-order chi connectivity index (χ0) is 21.2. The Balaban J connectivity index is 2.34. The smallest absolute Gasteiger partial charge is 0.230 e. The maximum absolute atomic E-state index is 4.45. The lowest BCUT2D eigenvalue weighted by atomic mass is 10.1. The van der Waals surface area contributed by atoms with Gasteiger partial charge in [0.1, 0.15) is 0 Å². The van der Waals surface area contributed by atoms with Gasteiger partial charge < -0.3 is 4.90 Å². The molecule has 29 heavy (non-hydrogen) atoms. The third-order valence-corrected chi connectivity index (χ3v) is 5.85. The van der Waals surface area contributed by atoms with E-state index in [1.54, 1.807) is 0 Å². The maximum atomic E-state index is 4.45. The van der Waals surface area contributed by atoms with Gasteiger partial charge in [-0.2, -0.15) is 15.0 Å². The van der Waals surface area contributed by atoms with E-state index in [-0.39, 0.29) is 0 Å². The van der Waals surface area contributed by atoms with Gasteiger partial charge >= 0.3 is 0 Å². The van der Waals surface area contributed by atoms with Crippen LogP contribution >= 0.6 is 25.3 Å². The van der Waals surface area contributed by atoms with E-state index in [1.165, 1.54) is 103 Å². The minimum atomic E-state index is 0.455. The molecule has 0 aromatic carbocycles. The van der Waals surface area contributed by atoms with Gasteiger partial charge in [0, 0.05) is 13.1 Å². The molecule has 0 unspecified atom stereocenters. The Kier molecular flexibility index (Phi) is 16.7. The van der Waals surface area contributed by atoms with Gasteiger partial charge in [0.25, 0.3) is 0 Å². The van der Waals surface area contributed by atoms with Gasteiger partial charge in [0.15, 0.2) is 10.3 Å². The van der Waals surface area contributed by atoms with E-state index in [2.05, 4.69) is 59.0 Å². The summed E-state index contributed by atoms with van der Waals surface area (Å²) in [6, 6.07) is 0. The topological polar surface area (TPSA) is 41.9 Å². The van der Waals surface area contributed by atoms with E-state index in [4.69, 9.17) is 0 Å². The lowest BCUT2D eigenvalue weighted by molar-refractivity contribution is 0.550. The normalized spacial score (nSPS) is 11.2. The number of hydrogen-bond donors (Lipinski definition) is 2. The van der Waals surface area contributed by atoms with Gasteiger partial charge in [0.2, 0.25) is 5.95 Å². The molecule has 168 valence electrons. The van der Waals surface area contributed by atoms with Gasteiger partial charge in [-0.15, -0.1) is 25.3 Å². The van der Waals surface area contributed by atoms with Crippen molar-refractivity contribution in [2.45, 2.75) is 127 Å². The minimum absolute atomic E-state index is 0.455. The SMILES string of the molecule is CCCCCCCCCCN(CCCCCCCCCC)c1nc(S)nc(S)n1. The number of rotatable bonds is 19. The molecule has 6 heteroatoms. The summed E-state index contributed by atoms with van der Waals surface area (Å²) < 4.78 is 0. The van der Waals surface area contributed by atoms with Crippen LogP contribution in [0.2, 0.25) is 0 Å². The van der Waals surface area contributed by atoms with Crippen LogP contribution in [-0.4, -0.2) is 28.0 Å². The van der Waals surface area contributed by atoms with Crippen LogP contribution in [0.4, 0.5) is 5.95 Å². The van der Waals surface area contributed by atoms with Gasteiger partial charge in [-0.1, -0.05) is 104 Å². The summed E-state index contributed by atoms with van der Waals surface area (Å²) in [7, 11) is 0. The minimum Gasteiger partial charge on any atom is -0.341 e. The van der Waals surface area contributed by atoms with Gasteiger partial charge in [-0.05, 0) is 12.8 Å². The van der Waals surface area contributed by atoms with E-state index in [0.29, 0.717) is 10.3 Å². The van der Waals surface area contributed by atoms with Crippen molar-refractivity contribution < 1.29 is 0 Å². The van der Waals surface area contributed by atoms with Crippen molar-refractivity contribution >= 4 is 31.2 Å². The molecule has 0 aliphatic rings. The average molecular weight is 441 g/mol. The Morgan fingerprint density at radius 2 is 0.862 bits per heavy atom. The monoisotopic (exact) mass is 440 g/mol. The van der Waals surface area contributed by atoms with Crippen LogP contribution in [0.1, 0.15) is 117 Å². The van der Waals surface area contributed by atoms with E-state index >= 15 is 0 Å². The maximum Gasteiger partial charge on any atom is 0.230 e. The molecule has 1 rings (SSSR count). The zero-order valence-corrected chi connectivity index (χ0v) is 20.7.